The van der Waals surface area contributed by atoms with Crippen LogP contribution in [0.3, 0.4) is 0 Å². The molecule has 1 N–H and O–H groups in total. The summed E-state index contributed by atoms with van der Waals surface area (Å²) in [6.45, 7) is -0.546. The maximum atomic E-state index is 12.2. The molecule has 0 aliphatic heterocycles. The van der Waals surface area contributed by atoms with E-state index in [1.165, 1.54) is 12.1 Å². The number of nitrogens with one attached hydrogen (secondary N) is 1. The van der Waals surface area contributed by atoms with Crippen molar-refractivity contribution in [1.82, 2.24) is 5.32 Å². The van der Waals surface area contributed by atoms with Crippen molar-refractivity contribution in [3.8, 4) is 17.2 Å². The van der Waals surface area contributed by atoms with Crippen LogP contribution in [0.2, 0.25) is 0 Å². The minimum absolute atomic E-state index is 0.0450. The molecule has 2 rings (SSSR count). The minimum atomic E-state index is -2.89. The lowest BCUT2D eigenvalue weighted by molar-refractivity contribution is -0.123. The largest absolute Gasteiger partial charge is 0.490 e. The number of carbonyl (C=O) groups is 1. The lowest BCUT2D eigenvalue weighted by atomic mass is 10.2. The maximum absolute atomic E-state index is 12.2. The molecule has 7 heteroatoms. The molecule has 0 aromatic heterocycles. The summed E-state index contributed by atoms with van der Waals surface area (Å²) >= 11 is 0. The molecule has 0 radical (unpaired) electrons. The number of rotatable bonds is 9. The molecular weight excluding hydrogens is 332 g/mol. The molecule has 0 fully saturated rings. The molecule has 2 aromatic carbocycles. The van der Waals surface area contributed by atoms with Gasteiger partial charge in [0, 0.05) is 6.54 Å². The van der Waals surface area contributed by atoms with Gasteiger partial charge in [-0.2, -0.15) is 8.78 Å². The van der Waals surface area contributed by atoms with Crippen LogP contribution in [-0.2, 0) is 11.3 Å². The van der Waals surface area contributed by atoms with Crippen LogP contribution in [0.5, 0.6) is 17.2 Å². The topological polar surface area (TPSA) is 56.8 Å². The Hall–Kier alpha value is -2.83. The van der Waals surface area contributed by atoms with Crippen molar-refractivity contribution >= 4 is 5.91 Å². The quantitative estimate of drug-likeness (QED) is 0.752. The van der Waals surface area contributed by atoms with Gasteiger partial charge in [0.05, 0.1) is 6.61 Å². The highest BCUT2D eigenvalue weighted by Gasteiger charge is 2.08. The Bertz CT molecular complexity index is 694. The first-order valence-electron chi connectivity index (χ1n) is 7.73. The molecule has 0 heterocycles. The number of para-hydroxylation sites is 2. The fraction of sp³-hybridized carbons (Fsp3) is 0.278. The van der Waals surface area contributed by atoms with Crippen LogP contribution >= 0.6 is 0 Å². The van der Waals surface area contributed by atoms with Gasteiger partial charge in [-0.3, -0.25) is 4.79 Å². The second kappa shape index (κ2) is 9.46. The van der Waals surface area contributed by atoms with Crippen molar-refractivity contribution in [2.24, 2.45) is 0 Å². The van der Waals surface area contributed by atoms with Gasteiger partial charge in [0.15, 0.2) is 18.1 Å². The first kappa shape index (κ1) is 18.5. The van der Waals surface area contributed by atoms with Crippen LogP contribution in [0, 0.1) is 0 Å². The molecule has 0 saturated heterocycles. The number of ether oxygens (including phenoxy) is 3. The third-order valence-corrected chi connectivity index (χ3v) is 3.12. The Labute approximate surface area is 144 Å². The molecular formula is C18H19F2NO4. The van der Waals surface area contributed by atoms with Gasteiger partial charge in [0.2, 0.25) is 0 Å². The first-order valence-corrected chi connectivity index (χ1v) is 7.73. The van der Waals surface area contributed by atoms with Crippen LogP contribution in [0.15, 0.2) is 48.5 Å². The summed E-state index contributed by atoms with van der Waals surface area (Å²) in [5, 5.41) is 2.65. The Morgan fingerprint density at radius 2 is 1.80 bits per heavy atom. The van der Waals surface area contributed by atoms with E-state index < -0.39 is 6.61 Å². The number of benzene rings is 2. The van der Waals surface area contributed by atoms with Crippen molar-refractivity contribution in [2.75, 3.05) is 13.2 Å². The molecule has 0 atom stereocenters. The fourth-order valence-electron chi connectivity index (χ4n) is 2.07. The molecule has 0 spiro atoms. The molecule has 0 saturated carbocycles. The van der Waals surface area contributed by atoms with Gasteiger partial charge in [-0.05, 0) is 36.8 Å². The fourth-order valence-corrected chi connectivity index (χ4v) is 2.07. The molecule has 0 unspecified atom stereocenters. The second-order valence-electron chi connectivity index (χ2n) is 4.97. The van der Waals surface area contributed by atoms with Crippen molar-refractivity contribution in [2.45, 2.75) is 20.1 Å². The van der Waals surface area contributed by atoms with Gasteiger partial charge in [-0.25, -0.2) is 0 Å². The van der Waals surface area contributed by atoms with Gasteiger partial charge >= 0.3 is 6.61 Å². The van der Waals surface area contributed by atoms with E-state index in [2.05, 4.69) is 10.1 Å². The van der Waals surface area contributed by atoms with Gasteiger partial charge in [0.25, 0.3) is 5.91 Å². The van der Waals surface area contributed by atoms with Crippen molar-refractivity contribution in [3.63, 3.8) is 0 Å². The molecule has 25 heavy (non-hydrogen) atoms. The van der Waals surface area contributed by atoms with Gasteiger partial charge in [-0.15, -0.1) is 0 Å². The van der Waals surface area contributed by atoms with E-state index in [0.29, 0.717) is 23.7 Å². The first-order chi connectivity index (χ1) is 12.1. The standard InChI is InChI=1S/C18H19F2NO4/c1-2-23-15-8-3-4-9-16(15)24-12-17(22)21-11-13-6-5-7-14(10-13)25-18(19)20/h3-10,18H,2,11-12H2,1H3,(H,21,22). The van der Waals surface area contributed by atoms with E-state index in [0.717, 1.165) is 0 Å². The summed E-state index contributed by atoms with van der Waals surface area (Å²) in [6, 6.07) is 13.2. The maximum Gasteiger partial charge on any atom is 0.387 e. The molecule has 0 aliphatic rings. The summed E-state index contributed by atoms with van der Waals surface area (Å²) in [5.41, 5.74) is 0.640. The van der Waals surface area contributed by atoms with E-state index in [-0.39, 0.29) is 24.8 Å². The molecule has 0 bridgehead atoms. The van der Waals surface area contributed by atoms with Crippen molar-refractivity contribution in [3.05, 3.63) is 54.1 Å². The van der Waals surface area contributed by atoms with Crippen LogP contribution in [0.4, 0.5) is 8.78 Å². The minimum Gasteiger partial charge on any atom is -0.490 e. The van der Waals surface area contributed by atoms with Gasteiger partial charge < -0.3 is 19.5 Å². The third-order valence-electron chi connectivity index (χ3n) is 3.12. The summed E-state index contributed by atoms with van der Waals surface area (Å²) in [4.78, 5) is 11.9. The summed E-state index contributed by atoms with van der Waals surface area (Å²) in [5.74, 6) is 0.747. The van der Waals surface area contributed by atoms with Crippen LogP contribution < -0.4 is 19.5 Å². The lowest BCUT2D eigenvalue weighted by Crippen LogP contribution is -2.28. The van der Waals surface area contributed by atoms with Gasteiger partial charge in [0.1, 0.15) is 5.75 Å². The molecule has 5 nitrogen and oxygen atoms in total. The SMILES string of the molecule is CCOc1ccccc1OCC(=O)NCc1cccc(OC(F)F)c1. The lowest BCUT2D eigenvalue weighted by Gasteiger charge is -2.12. The average Bonchev–Trinajstić information content (AvgIpc) is 2.59. The zero-order valence-corrected chi connectivity index (χ0v) is 13.7. The smallest absolute Gasteiger partial charge is 0.387 e. The number of carbonyl (C=O) groups excluding carboxylic acids is 1. The van der Waals surface area contributed by atoms with Crippen molar-refractivity contribution < 1.29 is 27.8 Å². The van der Waals surface area contributed by atoms with Crippen LogP contribution in [0.25, 0.3) is 0 Å². The monoisotopic (exact) mass is 351 g/mol. The Balaban J connectivity index is 1.83. The van der Waals surface area contributed by atoms with Crippen molar-refractivity contribution in [1.29, 1.82) is 0 Å². The number of alkyl halides is 2. The number of halogens is 2. The Morgan fingerprint density at radius 3 is 2.48 bits per heavy atom. The molecule has 134 valence electrons. The normalized spacial score (nSPS) is 10.4. The molecule has 0 aliphatic carbocycles. The second-order valence-corrected chi connectivity index (χ2v) is 4.97. The van der Waals surface area contributed by atoms with E-state index in [9.17, 15) is 13.6 Å². The molecule has 2 aromatic rings. The van der Waals surface area contributed by atoms with Crippen LogP contribution in [0.1, 0.15) is 12.5 Å². The Morgan fingerprint density at radius 1 is 1.08 bits per heavy atom. The summed E-state index contributed by atoms with van der Waals surface area (Å²) < 4.78 is 39.6. The predicted octanol–water partition coefficient (Wildman–Crippen LogP) is 3.38. The highest BCUT2D eigenvalue weighted by atomic mass is 19.3. The number of amides is 1. The summed E-state index contributed by atoms with van der Waals surface area (Å²) in [7, 11) is 0. The van der Waals surface area contributed by atoms with E-state index in [4.69, 9.17) is 9.47 Å². The van der Waals surface area contributed by atoms with E-state index in [1.807, 2.05) is 13.0 Å². The van der Waals surface area contributed by atoms with Crippen LogP contribution in [-0.4, -0.2) is 25.7 Å². The predicted molar refractivity (Wildman–Crippen MR) is 88.0 cm³/mol. The highest BCUT2D eigenvalue weighted by Crippen LogP contribution is 2.26. The zero-order valence-electron chi connectivity index (χ0n) is 13.7. The third kappa shape index (κ3) is 6.29. The van der Waals surface area contributed by atoms with E-state index in [1.54, 1.807) is 30.3 Å². The average molecular weight is 351 g/mol. The molecule has 1 amide bonds. The summed E-state index contributed by atoms with van der Waals surface area (Å²) in [6.07, 6.45) is 0. The van der Waals surface area contributed by atoms with E-state index >= 15 is 0 Å². The van der Waals surface area contributed by atoms with Gasteiger partial charge in [-0.1, -0.05) is 24.3 Å². The zero-order chi connectivity index (χ0) is 18.1. The highest BCUT2D eigenvalue weighted by molar-refractivity contribution is 5.77. The Kier molecular flexibility index (Phi) is 7.00. The number of hydrogen-bond donors (Lipinski definition) is 1. The number of hydrogen-bond acceptors (Lipinski definition) is 4.